The highest BCUT2D eigenvalue weighted by Crippen LogP contribution is 2.27. The van der Waals surface area contributed by atoms with Crippen LogP contribution in [-0.2, 0) is 6.54 Å². The lowest BCUT2D eigenvalue weighted by Crippen LogP contribution is -2.16. The number of benzene rings is 2. The van der Waals surface area contributed by atoms with Gasteiger partial charge in [0.2, 0.25) is 0 Å². The zero-order chi connectivity index (χ0) is 19.2. The van der Waals surface area contributed by atoms with E-state index < -0.39 is 0 Å². The molecule has 0 radical (unpaired) electrons. The number of ether oxygens (including phenoxy) is 2. The summed E-state index contributed by atoms with van der Waals surface area (Å²) in [4.78, 5) is 17.8. The second-order valence-corrected chi connectivity index (χ2v) is 7.09. The van der Waals surface area contributed by atoms with Gasteiger partial charge in [0, 0.05) is 12.1 Å². The molecule has 2 aromatic carbocycles. The van der Waals surface area contributed by atoms with Gasteiger partial charge in [0.15, 0.2) is 4.80 Å². The molecule has 142 valence electrons. The van der Waals surface area contributed by atoms with Crippen molar-refractivity contribution in [3.8, 4) is 11.5 Å². The summed E-state index contributed by atoms with van der Waals surface area (Å²) in [5.41, 5.74) is 1.49. The Morgan fingerprint density at radius 3 is 2.74 bits per heavy atom. The number of thiazole rings is 1. The van der Waals surface area contributed by atoms with Crippen molar-refractivity contribution in [1.29, 1.82) is 0 Å². The number of nitrogens with zero attached hydrogens (tertiary/aromatic N) is 2. The number of rotatable bonds is 7. The summed E-state index contributed by atoms with van der Waals surface area (Å²) in [6.07, 6.45) is 2.06. The van der Waals surface area contributed by atoms with E-state index in [9.17, 15) is 4.79 Å². The molecular formula is C21H24N2O3S. The predicted molar refractivity (Wildman–Crippen MR) is 109 cm³/mol. The number of carbonyl (C=O) groups excluding carboxylic acids is 1. The van der Waals surface area contributed by atoms with Crippen LogP contribution in [-0.4, -0.2) is 24.2 Å². The van der Waals surface area contributed by atoms with Crippen LogP contribution in [0.3, 0.4) is 0 Å². The molecule has 3 rings (SSSR count). The molecule has 0 saturated heterocycles. The summed E-state index contributed by atoms with van der Waals surface area (Å²) < 4.78 is 14.2. The van der Waals surface area contributed by atoms with Gasteiger partial charge in [0.25, 0.3) is 5.91 Å². The van der Waals surface area contributed by atoms with Crippen molar-refractivity contribution in [2.24, 2.45) is 4.99 Å². The number of aryl methyl sites for hydroxylation is 1. The van der Waals surface area contributed by atoms with E-state index in [2.05, 4.69) is 11.9 Å². The highest BCUT2D eigenvalue weighted by atomic mass is 32.1. The number of hydrogen-bond acceptors (Lipinski definition) is 4. The van der Waals surface area contributed by atoms with E-state index in [1.807, 2.05) is 41.8 Å². The number of fused-ring (bicyclic) bond motifs is 1. The Labute approximate surface area is 162 Å². The topological polar surface area (TPSA) is 52.8 Å². The van der Waals surface area contributed by atoms with Gasteiger partial charge in [-0.15, -0.1) is 0 Å². The Bertz CT molecular complexity index is 1000. The molecule has 0 N–H and O–H groups in total. The molecule has 0 fully saturated rings. The van der Waals surface area contributed by atoms with Crippen molar-refractivity contribution in [2.75, 3.05) is 13.7 Å². The van der Waals surface area contributed by atoms with Gasteiger partial charge in [0.05, 0.1) is 18.4 Å². The molecule has 0 aliphatic heterocycles. The van der Waals surface area contributed by atoms with Crippen molar-refractivity contribution in [2.45, 2.75) is 33.2 Å². The lowest BCUT2D eigenvalue weighted by Gasteiger charge is -2.06. The molecule has 3 aromatic rings. The van der Waals surface area contributed by atoms with Crippen molar-refractivity contribution in [3.63, 3.8) is 0 Å². The van der Waals surface area contributed by atoms with Crippen LogP contribution in [0.15, 0.2) is 47.5 Å². The molecule has 0 bridgehead atoms. The molecule has 1 heterocycles. The molecule has 5 nitrogen and oxygen atoms in total. The normalized spacial score (nSPS) is 11.7. The third-order valence-electron chi connectivity index (χ3n) is 4.24. The van der Waals surface area contributed by atoms with Crippen LogP contribution in [0.2, 0.25) is 0 Å². The standard InChI is InChI=1S/C21H24N2O3S/c1-4-6-13-26-16-10-7-9-15(14-16)20(24)22-21-23(5-2)19-17(25-3)11-8-12-18(19)27-21/h7-12,14H,4-6,13H2,1-3H3. The Morgan fingerprint density at radius 1 is 1.19 bits per heavy atom. The second kappa shape index (κ2) is 8.86. The zero-order valence-electron chi connectivity index (χ0n) is 15.9. The SMILES string of the molecule is CCCCOc1cccc(C(=O)N=c2sc3cccc(OC)c3n2CC)c1. The average Bonchev–Trinajstić information content (AvgIpc) is 3.05. The summed E-state index contributed by atoms with van der Waals surface area (Å²) in [5, 5.41) is 0. The summed E-state index contributed by atoms with van der Waals surface area (Å²) in [5.74, 6) is 1.21. The maximum atomic E-state index is 12.7. The van der Waals surface area contributed by atoms with Gasteiger partial charge in [-0.05, 0) is 43.7 Å². The van der Waals surface area contributed by atoms with Crippen molar-refractivity contribution < 1.29 is 14.3 Å². The van der Waals surface area contributed by atoms with E-state index in [1.54, 1.807) is 19.2 Å². The number of aromatic nitrogens is 1. The number of methoxy groups -OCH3 is 1. The first kappa shape index (κ1) is 19.2. The van der Waals surface area contributed by atoms with E-state index in [0.717, 1.165) is 28.8 Å². The molecule has 6 heteroatoms. The molecule has 0 spiro atoms. The van der Waals surface area contributed by atoms with Crippen LogP contribution in [0, 0.1) is 0 Å². The Hall–Kier alpha value is -2.60. The maximum absolute atomic E-state index is 12.7. The molecule has 0 saturated carbocycles. The Kier molecular flexibility index (Phi) is 6.29. The molecular weight excluding hydrogens is 360 g/mol. The lowest BCUT2D eigenvalue weighted by atomic mass is 10.2. The molecule has 1 amide bonds. The minimum atomic E-state index is -0.274. The lowest BCUT2D eigenvalue weighted by molar-refractivity contribution is 0.0997. The van der Waals surface area contributed by atoms with Gasteiger partial charge >= 0.3 is 0 Å². The van der Waals surface area contributed by atoms with Crippen molar-refractivity contribution in [3.05, 3.63) is 52.8 Å². The van der Waals surface area contributed by atoms with Gasteiger partial charge in [0.1, 0.15) is 17.0 Å². The van der Waals surface area contributed by atoms with Gasteiger partial charge < -0.3 is 14.0 Å². The fourth-order valence-electron chi connectivity index (χ4n) is 2.85. The molecule has 0 unspecified atom stereocenters. The molecule has 27 heavy (non-hydrogen) atoms. The van der Waals surface area contributed by atoms with E-state index in [1.165, 1.54) is 11.3 Å². The van der Waals surface area contributed by atoms with Crippen molar-refractivity contribution >= 4 is 27.5 Å². The molecule has 0 atom stereocenters. The summed E-state index contributed by atoms with van der Waals surface area (Å²) in [7, 11) is 1.65. The van der Waals surface area contributed by atoms with Crippen LogP contribution in [0.4, 0.5) is 0 Å². The minimum absolute atomic E-state index is 0.274. The number of unbranched alkanes of at least 4 members (excludes halogenated alkanes) is 1. The second-order valence-electron chi connectivity index (χ2n) is 6.08. The maximum Gasteiger partial charge on any atom is 0.279 e. The fraction of sp³-hybridized carbons (Fsp3) is 0.333. The highest BCUT2D eigenvalue weighted by molar-refractivity contribution is 7.16. The van der Waals surface area contributed by atoms with Crippen LogP contribution < -0.4 is 14.3 Å². The van der Waals surface area contributed by atoms with Crippen LogP contribution >= 0.6 is 11.3 Å². The van der Waals surface area contributed by atoms with Gasteiger partial charge in [-0.25, -0.2) is 0 Å². The molecule has 1 aromatic heterocycles. The number of amides is 1. The first-order valence-electron chi connectivity index (χ1n) is 9.16. The number of carbonyl (C=O) groups is 1. The molecule has 0 aliphatic carbocycles. The average molecular weight is 385 g/mol. The largest absolute Gasteiger partial charge is 0.495 e. The summed E-state index contributed by atoms with van der Waals surface area (Å²) >= 11 is 1.49. The van der Waals surface area contributed by atoms with Crippen LogP contribution in [0.5, 0.6) is 11.5 Å². The third kappa shape index (κ3) is 4.22. The number of para-hydroxylation sites is 1. The van der Waals surface area contributed by atoms with E-state index in [4.69, 9.17) is 9.47 Å². The van der Waals surface area contributed by atoms with E-state index in [-0.39, 0.29) is 5.91 Å². The van der Waals surface area contributed by atoms with Crippen molar-refractivity contribution in [1.82, 2.24) is 4.57 Å². The summed E-state index contributed by atoms with van der Waals surface area (Å²) in [6.45, 7) is 5.50. The first-order chi connectivity index (χ1) is 13.2. The first-order valence-corrected chi connectivity index (χ1v) is 9.97. The fourth-order valence-corrected chi connectivity index (χ4v) is 3.96. The molecule has 0 aliphatic rings. The van der Waals surface area contributed by atoms with E-state index >= 15 is 0 Å². The van der Waals surface area contributed by atoms with Gasteiger partial charge in [-0.3, -0.25) is 4.79 Å². The zero-order valence-corrected chi connectivity index (χ0v) is 16.7. The van der Waals surface area contributed by atoms with Crippen LogP contribution in [0.1, 0.15) is 37.0 Å². The summed E-state index contributed by atoms with van der Waals surface area (Å²) in [6, 6.07) is 13.1. The van der Waals surface area contributed by atoms with E-state index in [0.29, 0.717) is 29.3 Å². The van der Waals surface area contributed by atoms with Gasteiger partial charge in [-0.1, -0.05) is 36.8 Å². The monoisotopic (exact) mass is 384 g/mol. The predicted octanol–water partition coefficient (Wildman–Crippen LogP) is 4.65. The smallest absolute Gasteiger partial charge is 0.279 e. The number of hydrogen-bond donors (Lipinski definition) is 0. The quantitative estimate of drug-likeness (QED) is 0.557. The Morgan fingerprint density at radius 2 is 2.00 bits per heavy atom. The van der Waals surface area contributed by atoms with Gasteiger partial charge in [-0.2, -0.15) is 4.99 Å². The Balaban J connectivity index is 1.97. The highest BCUT2D eigenvalue weighted by Gasteiger charge is 2.12. The third-order valence-corrected chi connectivity index (χ3v) is 5.29. The minimum Gasteiger partial charge on any atom is -0.495 e. The van der Waals surface area contributed by atoms with Crippen LogP contribution in [0.25, 0.3) is 10.2 Å².